The highest BCUT2D eigenvalue weighted by Crippen LogP contribution is 2.35. The van der Waals surface area contributed by atoms with Crippen LogP contribution in [-0.4, -0.2) is 4.90 Å². The minimum Gasteiger partial charge on any atom is -0.466 e. The van der Waals surface area contributed by atoms with Crippen molar-refractivity contribution in [3.8, 4) is 0 Å². The first-order valence-electron chi connectivity index (χ1n) is 6.73. The van der Waals surface area contributed by atoms with Crippen LogP contribution in [-0.2, 0) is 13.1 Å². The fraction of sp³-hybridized carbons (Fsp3) is 0.375. The molecule has 2 N–H and O–H groups in total. The van der Waals surface area contributed by atoms with E-state index in [9.17, 15) is 0 Å². The minimum atomic E-state index is 0.351. The summed E-state index contributed by atoms with van der Waals surface area (Å²) >= 11 is 0. The van der Waals surface area contributed by atoms with Crippen LogP contribution in [0.15, 0.2) is 28.7 Å². The Morgan fingerprint density at radius 1 is 1.26 bits per heavy atom. The van der Waals surface area contributed by atoms with Crippen LogP contribution in [0, 0.1) is 13.8 Å². The molecule has 0 saturated carbocycles. The van der Waals surface area contributed by atoms with E-state index in [4.69, 9.17) is 10.2 Å². The lowest BCUT2D eigenvalue weighted by atomic mass is 10.1. The largest absolute Gasteiger partial charge is 0.466 e. The Balaban J connectivity index is 1.87. The highest BCUT2D eigenvalue weighted by Gasteiger charge is 2.27. The highest BCUT2D eigenvalue weighted by molar-refractivity contribution is 5.52. The molecule has 0 spiro atoms. The van der Waals surface area contributed by atoms with Gasteiger partial charge in [-0.2, -0.15) is 0 Å². The Morgan fingerprint density at radius 2 is 2.05 bits per heavy atom. The number of nitrogens with two attached hydrogens (primary N) is 1. The summed E-state index contributed by atoms with van der Waals surface area (Å²) < 4.78 is 5.64. The zero-order valence-corrected chi connectivity index (χ0v) is 11.7. The Hall–Kier alpha value is -1.74. The SMILES string of the molecule is Cc1cc(C(C)N2Cc3cccc(N)c3C2)c(C)o1. The van der Waals surface area contributed by atoms with E-state index in [1.807, 2.05) is 26.0 Å². The summed E-state index contributed by atoms with van der Waals surface area (Å²) in [5, 5.41) is 0. The number of aryl methyl sites for hydroxylation is 2. The molecular formula is C16H20N2O. The average Bonchev–Trinajstić information content (AvgIpc) is 2.93. The number of nitrogens with zero attached hydrogens (tertiary/aromatic N) is 1. The van der Waals surface area contributed by atoms with E-state index in [1.165, 1.54) is 16.7 Å². The van der Waals surface area contributed by atoms with Crippen molar-refractivity contribution in [1.82, 2.24) is 4.90 Å². The van der Waals surface area contributed by atoms with Gasteiger partial charge in [0.2, 0.25) is 0 Å². The maximum Gasteiger partial charge on any atom is 0.105 e. The Kier molecular flexibility index (Phi) is 2.86. The second-order valence-corrected chi connectivity index (χ2v) is 5.43. The van der Waals surface area contributed by atoms with Crippen molar-refractivity contribution >= 4 is 5.69 Å². The van der Waals surface area contributed by atoms with E-state index in [1.54, 1.807) is 0 Å². The molecule has 1 aliphatic heterocycles. The summed E-state index contributed by atoms with van der Waals surface area (Å²) in [5.74, 6) is 2.00. The lowest BCUT2D eigenvalue weighted by molar-refractivity contribution is 0.213. The van der Waals surface area contributed by atoms with Gasteiger partial charge in [0.05, 0.1) is 0 Å². The molecule has 1 atom stereocenters. The zero-order chi connectivity index (χ0) is 13.6. The molecule has 3 nitrogen and oxygen atoms in total. The lowest BCUT2D eigenvalue weighted by Crippen LogP contribution is -2.21. The molecule has 0 fully saturated rings. The normalized spacial score (nSPS) is 16.6. The molecule has 1 unspecified atom stereocenters. The van der Waals surface area contributed by atoms with Gasteiger partial charge in [0.15, 0.2) is 0 Å². The smallest absolute Gasteiger partial charge is 0.105 e. The van der Waals surface area contributed by atoms with Crippen molar-refractivity contribution in [2.75, 3.05) is 5.73 Å². The number of anilines is 1. The van der Waals surface area contributed by atoms with E-state index < -0.39 is 0 Å². The Labute approximate surface area is 114 Å². The molecule has 1 aromatic carbocycles. The molecule has 2 aromatic rings. The van der Waals surface area contributed by atoms with Gasteiger partial charge in [-0.25, -0.2) is 0 Å². The molecule has 3 rings (SSSR count). The van der Waals surface area contributed by atoms with Gasteiger partial charge in [-0.05, 0) is 44.0 Å². The summed E-state index contributed by atoms with van der Waals surface area (Å²) in [4.78, 5) is 2.44. The Bertz CT molecular complexity index is 615. The van der Waals surface area contributed by atoms with E-state index in [0.717, 1.165) is 30.3 Å². The van der Waals surface area contributed by atoms with Crippen LogP contribution in [0.25, 0.3) is 0 Å². The minimum absolute atomic E-state index is 0.351. The van der Waals surface area contributed by atoms with Crippen LogP contribution in [0.5, 0.6) is 0 Å². The molecule has 19 heavy (non-hydrogen) atoms. The molecule has 1 aromatic heterocycles. The zero-order valence-electron chi connectivity index (χ0n) is 11.7. The molecule has 0 amide bonds. The van der Waals surface area contributed by atoms with Crippen LogP contribution >= 0.6 is 0 Å². The van der Waals surface area contributed by atoms with Gasteiger partial charge in [0, 0.05) is 30.4 Å². The fourth-order valence-corrected chi connectivity index (χ4v) is 3.01. The van der Waals surface area contributed by atoms with Crippen molar-refractivity contribution in [2.24, 2.45) is 0 Å². The third-order valence-electron chi connectivity index (χ3n) is 4.12. The van der Waals surface area contributed by atoms with E-state index >= 15 is 0 Å². The van der Waals surface area contributed by atoms with E-state index in [2.05, 4.69) is 24.0 Å². The number of nitrogen functional groups attached to an aromatic ring is 1. The fourth-order valence-electron chi connectivity index (χ4n) is 3.01. The number of rotatable bonds is 2. The number of benzene rings is 1. The maximum absolute atomic E-state index is 6.06. The standard InChI is InChI=1S/C16H20N2O/c1-10-7-14(12(3)19-10)11(2)18-8-13-5-4-6-16(17)15(13)9-18/h4-7,11H,8-9,17H2,1-3H3. The first-order valence-corrected chi connectivity index (χ1v) is 6.73. The van der Waals surface area contributed by atoms with Gasteiger partial charge in [0.25, 0.3) is 0 Å². The molecular weight excluding hydrogens is 236 g/mol. The highest BCUT2D eigenvalue weighted by atomic mass is 16.3. The molecule has 2 heterocycles. The van der Waals surface area contributed by atoms with Crippen LogP contribution < -0.4 is 5.73 Å². The summed E-state index contributed by atoms with van der Waals surface area (Å²) in [6.07, 6.45) is 0. The lowest BCUT2D eigenvalue weighted by Gasteiger charge is -2.23. The summed E-state index contributed by atoms with van der Waals surface area (Å²) in [7, 11) is 0. The molecule has 1 aliphatic rings. The van der Waals surface area contributed by atoms with E-state index in [0.29, 0.717) is 6.04 Å². The summed E-state index contributed by atoms with van der Waals surface area (Å²) in [6, 6.07) is 8.69. The van der Waals surface area contributed by atoms with Gasteiger partial charge in [-0.1, -0.05) is 12.1 Å². The molecule has 100 valence electrons. The first kappa shape index (κ1) is 12.3. The number of furan rings is 1. The van der Waals surface area contributed by atoms with Crippen molar-refractivity contribution in [1.29, 1.82) is 0 Å². The predicted octanol–water partition coefficient (Wildman–Crippen LogP) is 3.56. The molecule has 0 aliphatic carbocycles. The Morgan fingerprint density at radius 3 is 2.68 bits per heavy atom. The first-order chi connectivity index (χ1) is 9.06. The third kappa shape index (κ3) is 2.04. The van der Waals surface area contributed by atoms with Gasteiger partial charge in [-0.3, -0.25) is 4.90 Å². The van der Waals surface area contributed by atoms with Gasteiger partial charge >= 0.3 is 0 Å². The quantitative estimate of drug-likeness (QED) is 0.835. The third-order valence-corrected chi connectivity index (χ3v) is 4.12. The van der Waals surface area contributed by atoms with E-state index in [-0.39, 0.29) is 0 Å². The maximum atomic E-state index is 6.06. The molecule has 3 heteroatoms. The monoisotopic (exact) mass is 256 g/mol. The summed E-state index contributed by atoms with van der Waals surface area (Å²) in [5.41, 5.74) is 10.9. The predicted molar refractivity (Wildman–Crippen MR) is 76.7 cm³/mol. The molecule has 0 saturated heterocycles. The summed E-state index contributed by atoms with van der Waals surface area (Å²) in [6.45, 7) is 8.16. The number of hydrogen-bond acceptors (Lipinski definition) is 3. The van der Waals surface area contributed by atoms with Crippen molar-refractivity contribution in [3.05, 3.63) is 52.5 Å². The van der Waals surface area contributed by atoms with Crippen LogP contribution in [0.4, 0.5) is 5.69 Å². The van der Waals surface area contributed by atoms with Gasteiger partial charge in [0.1, 0.15) is 11.5 Å². The molecule has 0 radical (unpaired) electrons. The van der Waals surface area contributed by atoms with Crippen molar-refractivity contribution in [3.63, 3.8) is 0 Å². The van der Waals surface area contributed by atoms with Crippen LogP contribution in [0.1, 0.15) is 41.2 Å². The van der Waals surface area contributed by atoms with Crippen molar-refractivity contribution < 1.29 is 4.42 Å². The number of fused-ring (bicyclic) bond motifs is 1. The number of hydrogen-bond donors (Lipinski definition) is 1. The van der Waals surface area contributed by atoms with Crippen molar-refractivity contribution in [2.45, 2.75) is 39.9 Å². The second kappa shape index (κ2) is 4.42. The molecule has 0 bridgehead atoms. The second-order valence-electron chi connectivity index (χ2n) is 5.43. The van der Waals surface area contributed by atoms with Gasteiger partial charge in [-0.15, -0.1) is 0 Å². The van der Waals surface area contributed by atoms with Crippen LogP contribution in [0.3, 0.4) is 0 Å². The average molecular weight is 256 g/mol. The van der Waals surface area contributed by atoms with Gasteiger partial charge < -0.3 is 10.2 Å². The topological polar surface area (TPSA) is 42.4 Å². The van der Waals surface area contributed by atoms with Crippen LogP contribution in [0.2, 0.25) is 0 Å².